The van der Waals surface area contributed by atoms with Gasteiger partial charge in [0, 0.05) is 28.1 Å². The molecule has 0 saturated heterocycles. The molecule has 1 aliphatic heterocycles. The lowest BCUT2D eigenvalue weighted by Crippen LogP contribution is -2.31. The van der Waals surface area contributed by atoms with E-state index in [0.717, 1.165) is 29.6 Å². The van der Waals surface area contributed by atoms with Gasteiger partial charge >= 0.3 is 0 Å². The molecule has 3 rings (SSSR count). The Morgan fingerprint density at radius 1 is 1.56 bits per heavy atom. The third kappa shape index (κ3) is 1.73. The predicted octanol–water partition coefficient (Wildman–Crippen LogP) is 2.65. The Labute approximate surface area is 106 Å². The van der Waals surface area contributed by atoms with Crippen LogP contribution < -0.4 is 5.73 Å². The van der Waals surface area contributed by atoms with Gasteiger partial charge in [0.2, 0.25) is 0 Å². The standard InChI is InChI=1S/C11H12BrN3S/c12-7-3-10(16-5-7)11-9-2-1-8(13)4-15(9)6-14-11/h3,5-6,8H,1-2,4,13H2. The summed E-state index contributed by atoms with van der Waals surface area (Å²) in [6.45, 7) is 0.898. The molecule has 0 aromatic carbocycles. The Bertz CT molecular complexity index is 517. The summed E-state index contributed by atoms with van der Waals surface area (Å²) < 4.78 is 3.32. The minimum Gasteiger partial charge on any atom is -0.332 e. The fourth-order valence-corrected chi connectivity index (χ4v) is 3.58. The van der Waals surface area contributed by atoms with E-state index in [1.165, 1.54) is 10.6 Å². The van der Waals surface area contributed by atoms with Crippen LogP contribution in [0.25, 0.3) is 10.6 Å². The largest absolute Gasteiger partial charge is 0.332 e. The zero-order chi connectivity index (χ0) is 11.1. The molecule has 2 N–H and O–H groups in total. The molecule has 5 heteroatoms. The fraction of sp³-hybridized carbons (Fsp3) is 0.364. The smallest absolute Gasteiger partial charge is 0.101 e. The fourth-order valence-electron chi connectivity index (χ4n) is 2.14. The number of imidazole rings is 1. The molecule has 0 radical (unpaired) electrons. The second-order valence-corrected chi connectivity index (χ2v) is 5.95. The molecule has 84 valence electrons. The van der Waals surface area contributed by atoms with Crippen molar-refractivity contribution in [2.45, 2.75) is 25.4 Å². The highest BCUT2D eigenvalue weighted by molar-refractivity contribution is 9.10. The van der Waals surface area contributed by atoms with Crippen LogP contribution in [0.1, 0.15) is 12.1 Å². The molecule has 1 aliphatic rings. The number of rotatable bonds is 1. The molecular weight excluding hydrogens is 286 g/mol. The summed E-state index contributed by atoms with van der Waals surface area (Å²) in [6, 6.07) is 2.41. The first-order chi connectivity index (χ1) is 7.74. The average Bonchev–Trinajstić information content (AvgIpc) is 2.83. The van der Waals surface area contributed by atoms with Crippen molar-refractivity contribution in [1.29, 1.82) is 0 Å². The van der Waals surface area contributed by atoms with Crippen molar-refractivity contribution in [2.75, 3.05) is 0 Å². The Morgan fingerprint density at radius 2 is 2.44 bits per heavy atom. The highest BCUT2D eigenvalue weighted by Gasteiger charge is 2.20. The minimum atomic E-state index is 0.282. The molecule has 2 aromatic rings. The summed E-state index contributed by atoms with van der Waals surface area (Å²) in [7, 11) is 0. The molecule has 2 aromatic heterocycles. The van der Waals surface area contributed by atoms with E-state index >= 15 is 0 Å². The molecule has 0 saturated carbocycles. The maximum Gasteiger partial charge on any atom is 0.101 e. The molecule has 3 heterocycles. The third-order valence-electron chi connectivity index (χ3n) is 2.93. The summed E-state index contributed by atoms with van der Waals surface area (Å²) >= 11 is 5.21. The minimum absolute atomic E-state index is 0.282. The summed E-state index contributed by atoms with van der Waals surface area (Å²) in [5, 5.41) is 2.09. The molecule has 0 aliphatic carbocycles. The van der Waals surface area contributed by atoms with Crippen molar-refractivity contribution in [3.05, 3.63) is 27.9 Å². The SMILES string of the molecule is NC1CCc2c(-c3cc(Br)cs3)ncn2C1. The van der Waals surface area contributed by atoms with Crippen molar-refractivity contribution < 1.29 is 0 Å². The number of hydrogen-bond donors (Lipinski definition) is 1. The van der Waals surface area contributed by atoms with E-state index in [9.17, 15) is 0 Å². The molecule has 1 unspecified atom stereocenters. The number of fused-ring (bicyclic) bond motifs is 1. The van der Waals surface area contributed by atoms with Gasteiger partial charge in [-0.2, -0.15) is 0 Å². The molecule has 3 nitrogen and oxygen atoms in total. The number of nitrogens with zero attached hydrogens (tertiary/aromatic N) is 2. The molecule has 0 spiro atoms. The lowest BCUT2D eigenvalue weighted by molar-refractivity contribution is 0.461. The molecule has 0 amide bonds. The first kappa shape index (κ1) is 10.5. The summed E-state index contributed by atoms with van der Waals surface area (Å²) in [4.78, 5) is 5.75. The Balaban J connectivity index is 2.03. The predicted molar refractivity (Wildman–Crippen MR) is 69.5 cm³/mol. The van der Waals surface area contributed by atoms with Crippen molar-refractivity contribution in [3.63, 3.8) is 0 Å². The Hall–Kier alpha value is -0.650. The van der Waals surface area contributed by atoms with Crippen LogP contribution in [0.4, 0.5) is 0 Å². The van der Waals surface area contributed by atoms with Gasteiger partial charge in [-0.3, -0.25) is 0 Å². The van der Waals surface area contributed by atoms with E-state index in [-0.39, 0.29) is 6.04 Å². The maximum absolute atomic E-state index is 5.95. The summed E-state index contributed by atoms with van der Waals surface area (Å²) in [5.74, 6) is 0. The normalized spacial score (nSPS) is 19.8. The number of aromatic nitrogens is 2. The van der Waals surface area contributed by atoms with E-state index in [1.807, 2.05) is 6.33 Å². The average molecular weight is 298 g/mol. The first-order valence-electron chi connectivity index (χ1n) is 5.28. The van der Waals surface area contributed by atoms with Crippen LogP contribution in [-0.2, 0) is 13.0 Å². The van der Waals surface area contributed by atoms with Crippen LogP contribution >= 0.6 is 27.3 Å². The highest BCUT2D eigenvalue weighted by atomic mass is 79.9. The molecule has 0 bridgehead atoms. The van der Waals surface area contributed by atoms with Gasteiger partial charge in [0.1, 0.15) is 5.69 Å². The topological polar surface area (TPSA) is 43.8 Å². The van der Waals surface area contributed by atoms with E-state index in [1.54, 1.807) is 11.3 Å². The first-order valence-corrected chi connectivity index (χ1v) is 6.95. The van der Waals surface area contributed by atoms with Crippen LogP contribution in [0, 0.1) is 0 Å². The summed E-state index contributed by atoms with van der Waals surface area (Å²) in [5.41, 5.74) is 8.41. The number of hydrogen-bond acceptors (Lipinski definition) is 3. The van der Waals surface area contributed by atoms with E-state index in [4.69, 9.17) is 5.73 Å². The maximum atomic E-state index is 5.95. The van der Waals surface area contributed by atoms with Gasteiger partial charge < -0.3 is 10.3 Å². The van der Waals surface area contributed by atoms with Gasteiger partial charge in [0.05, 0.1) is 11.2 Å². The molecule has 1 atom stereocenters. The van der Waals surface area contributed by atoms with Crippen LogP contribution in [0.2, 0.25) is 0 Å². The van der Waals surface area contributed by atoms with E-state index in [0.29, 0.717) is 0 Å². The van der Waals surface area contributed by atoms with Gasteiger partial charge in [-0.25, -0.2) is 4.98 Å². The van der Waals surface area contributed by atoms with Gasteiger partial charge in [0.15, 0.2) is 0 Å². The number of nitrogens with two attached hydrogens (primary N) is 1. The van der Waals surface area contributed by atoms with Gasteiger partial charge in [-0.15, -0.1) is 11.3 Å². The Kier molecular flexibility index (Phi) is 2.61. The summed E-state index contributed by atoms with van der Waals surface area (Å²) in [6.07, 6.45) is 4.01. The van der Waals surface area contributed by atoms with Crippen molar-refractivity contribution in [2.24, 2.45) is 5.73 Å². The second-order valence-electron chi connectivity index (χ2n) is 4.12. The van der Waals surface area contributed by atoms with Gasteiger partial charge in [0.25, 0.3) is 0 Å². The quantitative estimate of drug-likeness (QED) is 0.879. The Morgan fingerprint density at radius 3 is 3.19 bits per heavy atom. The van der Waals surface area contributed by atoms with E-state index < -0.39 is 0 Å². The van der Waals surface area contributed by atoms with E-state index in [2.05, 4.69) is 36.9 Å². The van der Waals surface area contributed by atoms with Crippen LogP contribution in [0.5, 0.6) is 0 Å². The van der Waals surface area contributed by atoms with Crippen LogP contribution in [0.3, 0.4) is 0 Å². The molecule has 0 fully saturated rings. The monoisotopic (exact) mass is 297 g/mol. The van der Waals surface area contributed by atoms with Crippen molar-refractivity contribution in [1.82, 2.24) is 9.55 Å². The second kappa shape index (κ2) is 3.98. The van der Waals surface area contributed by atoms with Crippen molar-refractivity contribution in [3.8, 4) is 10.6 Å². The number of thiophene rings is 1. The van der Waals surface area contributed by atoms with Crippen LogP contribution in [-0.4, -0.2) is 15.6 Å². The van der Waals surface area contributed by atoms with Crippen molar-refractivity contribution >= 4 is 27.3 Å². The zero-order valence-electron chi connectivity index (χ0n) is 8.69. The number of halogens is 1. The zero-order valence-corrected chi connectivity index (χ0v) is 11.1. The van der Waals surface area contributed by atoms with Gasteiger partial charge in [-0.1, -0.05) is 0 Å². The van der Waals surface area contributed by atoms with Crippen LogP contribution in [0.15, 0.2) is 22.2 Å². The molecular formula is C11H12BrN3S. The molecule has 16 heavy (non-hydrogen) atoms. The lowest BCUT2D eigenvalue weighted by Gasteiger charge is -2.20. The van der Waals surface area contributed by atoms with Gasteiger partial charge in [-0.05, 0) is 34.8 Å². The third-order valence-corrected chi connectivity index (χ3v) is 4.63. The highest BCUT2D eigenvalue weighted by Crippen LogP contribution is 2.32. The lowest BCUT2D eigenvalue weighted by atomic mass is 10.0.